The average molecular weight is 349 g/mol. The lowest BCUT2D eigenvalue weighted by Gasteiger charge is -2.17. The Morgan fingerprint density at radius 2 is 1.91 bits per heavy atom. The third-order valence-electron chi connectivity index (χ3n) is 3.61. The van der Waals surface area contributed by atoms with Gasteiger partial charge < -0.3 is 20.1 Å². The summed E-state index contributed by atoms with van der Waals surface area (Å²) < 4.78 is 10.7. The van der Waals surface area contributed by atoms with Crippen LogP contribution in [0.5, 0.6) is 11.5 Å². The summed E-state index contributed by atoms with van der Waals surface area (Å²) >= 11 is 11.3. The fourth-order valence-electron chi connectivity index (χ4n) is 2.32. The highest BCUT2D eigenvalue weighted by molar-refractivity contribution is 7.80. The number of hydrogen-bond acceptors (Lipinski definition) is 3. The number of rotatable bonds is 4. The van der Waals surface area contributed by atoms with Crippen LogP contribution in [0, 0.1) is 0 Å². The first-order valence-corrected chi connectivity index (χ1v) is 8.09. The first-order valence-electron chi connectivity index (χ1n) is 7.30. The van der Waals surface area contributed by atoms with E-state index in [4.69, 9.17) is 33.3 Å². The van der Waals surface area contributed by atoms with Gasteiger partial charge in [-0.1, -0.05) is 29.8 Å². The Hall–Kier alpha value is -1.98. The molecule has 1 atom stereocenters. The lowest BCUT2D eigenvalue weighted by molar-refractivity contribution is 0.174. The summed E-state index contributed by atoms with van der Waals surface area (Å²) in [6, 6.07) is 13.7. The van der Waals surface area contributed by atoms with E-state index >= 15 is 0 Å². The van der Waals surface area contributed by atoms with E-state index in [2.05, 4.69) is 17.6 Å². The van der Waals surface area contributed by atoms with Crippen LogP contribution in [-0.4, -0.2) is 11.9 Å². The maximum atomic E-state index is 5.90. The predicted octanol–water partition coefficient (Wildman–Crippen LogP) is 3.79. The lowest BCUT2D eigenvalue weighted by Crippen LogP contribution is -2.36. The van der Waals surface area contributed by atoms with Crippen LogP contribution in [-0.2, 0) is 6.54 Å². The van der Waals surface area contributed by atoms with E-state index in [0.29, 0.717) is 11.7 Å². The van der Waals surface area contributed by atoms with Crippen LogP contribution >= 0.6 is 23.8 Å². The Balaban J connectivity index is 1.52. The minimum atomic E-state index is 0.101. The summed E-state index contributed by atoms with van der Waals surface area (Å²) in [6.45, 7) is 2.96. The van der Waals surface area contributed by atoms with E-state index in [1.807, 2.05) is 42.5 Å². The van der Waals surface area contributed by atoms with Crippen LogP contribution in [0.1, 0.15) is 24.1 Å². The molecule has 2 N–H and O–H groups in total. The SMILES string of the molecule is C[C@H](NC(=S)NCc1ccc2c(c1)OCO2)c1ccc(Cl)cc1. The van der Waals surface area contributed by atoms with Gasteiger partial charge in [-0.05, 0) is 54.5 Å². The highest BCUT2D eigenvalue weighted by Gasteiger charge is 2.13. The van der Waals surface area contributed by atoms with Crippen molar-refractivity contribution in [2.45, 2.75) is 19.5 Å². The van der Waals surface area contributed by atoms with Crippen molar-refractivity contribution < 1.29 is 9.47 Å². The number of benzene rings is 2. The van der Waals surface area contributed by atoms with Gasteiger partial charge in [-0.2, -0.15) is 0 Å². The Labute approximate surface area is 145 Å². The van der Waals surface area contributed by atoms with Crippen molar-refractivity contribution in [1.29, 1.82) is 0 Å². The van der Waals surface area contributed by atoms with Gasteiger partial charge in [0.25, 0.3) is 0 Å². The monoisotopic (exact) mass is 348 g/mol. The quantitative estimate of drug-likeness (QED) is 0.823. The standard InChI is InChI=1S/C17H17ClN2O2S/c1-11(13-3-5-14(18)6-4-13)20-17(23)19-9-12-2-7-15-16(8-12)22-10-21-15/h2-8,11H,9-10H2,1H3,(H2,19,20,23)/t11-/m0/s1. The fourth-order valence-corrected chi connectivity index (χ4v) is 2.69. The fraction of sp³-hybridized carbons (Fsp3) is 0.235. The van der Waals surface area contributed by atoms with Crippen molar-refractivity contribution in [1.82, 2.24) is 10.6 Å². The summed E-state index contributed by atoms with van der Waals surface area (Å²) in [5.74, 6) is 1.56. The summed E-state index contributed by atoms with van der Waals surface area (Å²) in [7, 11) is 0. The molecule has 23 heavy (non-hydrogen) atoms. The molecule has 0 aliphatic carbocycles. The Bertz CT molecular complexity index is 706. The predicted molar refractivity (Wildman–Crippen MR) is 95.0 cm³/mol. The molecule has 1 aliphatic heterocycles. The molecule has 0 aromatic heterocycles. The van der Waals surface area contributed by atoms with Crippen molar-refractivity contribution in [3.8, 4) is 11.5 Å². The second-order valence-electron chi connectivity index (χ2n) is 5.29. The van der Waals surface area contributed by atoms with Crippen molar-refractivity contribution >= 4 is 28.9 Å². The summed E-state index contributed by atoms with van der Waals surface area (Å²) in [5.41, 5.74) is 2.21. The lowest BCUT2D eigenvalue weighted by atomic mass is 10.1. The zero-order valence-electron chi connectivity index (χ0n) is 12.6. The molecule has 0 saturated carbocycles. The molecule has 3 rings (SSSR count). The molecule has 2 aromatic rings. The molecular formula is C17H17ClN2O2S. The van der Waals surface area contributed by atoms with Crippen molar-refractivity contribution in [2.24, 2.45) is 0 Å². The van der Waals surface area contributed by atoms with Gasteiger partial charge in [0.2, 0.25) is 6.79 Å². The van der Waals surface area contributed by atoms with E-state index in [-0.39, 0.29) is 12.8 Å². The molecule has 0 radical (unpaired) electrons. The average Bonchev–Trinajstić information content (AvgIpc) is 3.01. The number of fused-ring (bicyclic) bond motifs is 1. The Kier molecular flexibility index (Phi) is 4.88. The third kappa shape index (κ3) is 4.06. The zero-order chi connectivity index (χ0) is 16.2. The van der Waals surface area contributed by atoms with E-state index in [9.17, 15) is 0 Å². The van der Waals surface area contributed by atoms with Gasteiger partial charge in [0.05, 0.1) is 6.04 Å². The minimum Gasteiger partial charge on any atom is -0.454 e. The largest absolute Gasteiger partial charge is 0.454 e. The first kappa shape index (κ1) is 15.9. The van der Waals surface area contributed by atoms with Crippen molar-refractivity contribution in [3.63, 3.8) is 0 Å². The molecule has 1 aliphatic rings. The summed E-state index contributed by atoms with van der Waals surface area (Å²) in [5, 5.41) is 7.79. The third-order valence-corrected chi connectivity index (χ3v) is 4.12. The van der Waals surface area contributed by atoms with Gasteiger partial charge in [0.1, 0.15) is 0 Å². The van der Waals surface area contributed by atoms with Gasteiger partial charge >= 0.3 is 0 Å². The molecule has 0 fully saturated rings. The van der Waals surface area contributed by atoms with Crippen LogP contribution < -0.4 is 20.1 Å². The highest BCUT2D eigenvalue weighted by atomic mass is 35.5. The van der Waals surface area contributed by atoms with E-state index in [1.165, 1.54) is 0 Å². The molecule has 0 unspecified atom stereocenters. The molecule has 4 nitrogen and oxygen atoms in total. The van der Waals surface area contributed by atoms with E-state index < -0.39 is 0 Å². The highest BCUT2D eigenvalue weighted by Crippen LogP contribution is 2.32. The van der Waals surface area contributed by atoms with Crippen LogP contribution in [0.4, 0.5) is 0 Å². The van der Waals surface area contributed by atoms with Gasteiger partial charge in [0, 0.05) is 11.6 Å². The molecule has 1 heterocycles. The van der Waals surface area contributed by atoms with Crippen LogP contribution in [0.2, 0.25) is 5.02 Å². The molecule has 120 valence electrons. The van der Waals surface area contributed by atoms with Crippen LogP contribution in [0.25, 0.3) is 0 Å². The smallest absolute Gasteiger partial charge is 0.231 e. The molecule has 0 amide bonds. The summed E-state index contributed by atoms with van der Waals surface area (Å²) in [6.07, 6.45) is 0. The zero-order valence-corrected chi connectivity index (χ0v) is 14.2. The van der Waals surface area contributed by atoms with Crippen LogP contribution in [0.3, 0.4) is 0 Å². The molecule has 0 bridgehead atoms. The number of thiocarbonyl (C=S) groups is 1. The first-order chi connectivity index (χ1) is 11.1. The van der Waals surface area contributed by atoms with Crippen LogP contribution in [0.15, 0.2) is 42.5 Å². The van der Waals surface area contributed by atoms with Gasteiger partial charge in [-0.25, -0.2) is 0 Å². The van der Waals surface area contributed by atoms with Crippen molar-refractivity contribution in [2.75, 3.05) is 6.79 Å². The maximum absolute atomic E-state index is 5.90. The number of hydrogen-bond donors (Lipinski definition) is 2. The summed E-state index contributed by atoms with van der Waals surface area (Å²) in [4.78, 5) is 0. The molecule has 0 spiro atoms. The molecule has 6 heteroatoms. The van der Waals surface area contributed by atoms with Gasteiger partial charge in [0.15, 0.2) is 16.6 Å². The Morgan fingerprint density at radius 3 is 2.70 bits per heavy atom. The van der Waals surface area contributed by atoms with Gasteiger partial charge in [-0.3, -0.25) is 0 Å². The van der Waals surface area contributed by atoms with E-state index in [1.54, 1.807) is 0 Å². The van der Waals surface area contributed by atoms with Gasteiger partial charge in [-0.15, -0.1) is 0 Å². The topological polar surface area (TPSA) is 42.5 Å². The molecule has 2 aromatic carbocycles. The second kappa shape index (κ2) is 7.06. The van der Waals surface area contributed by atoms with Crippen molar-refractivity contribution in [3.05, 3.63) is 58.6 Å². The minimum absolute atomic E-state index is 0.101. The maximum Gasteiger partial charge on any atom is 0.231 e. The number of nitrogens with one attached hydrogen (secondary N) is 2. The molecular weight excluding hydrogens is 332 g/mol. The number of halogens is 1. The number of ether oxygens (including phenoxy) is 2. The molecule has 0 saturated heterocycles. The van der Waals surface area contributed by atoms with E-state index in [0.717, 1.165) is 27.6 Å². The second-order valence-corrected chi connectivity index (χ2v) is 6.13. The Morgan fingerprint density at radius 1 is 1.17 bits per heavy atom. The normalized spacial score (nSPS) is 13.5.